The van der Waals surface area contributed by atoms with Crippen LogP contribution in [0.1, 0.15) is 45.8 Å². The molecule has 1 aromatic heterocycles. The van der Waals surface area contributed by atoms with Crippen molar-refractivity contribution in [2.75, 3.05) is 19.0 Å². The minimum absolute atomic E-state index is 0. The van der Waals surface area contributed by atoms with E-state index in [1.54, 1.807) is 26.0 Å². The number of hydrogen-bond donors (Lipinski definition) is 1. The minimum Gasteiger partial charge on any atom is -0.465 e. The van der Waals surface area contributed by atoms with Crippen molar-refractivity contribution >= 4 is 50.5 Å². The van der Waals surface area contributed by atoms with Crippen LogP contribution in [-0.2, 0) is 45.3 Å². The van der Waals surface area contributed by atoms with E-state index in [2.05, 4.69) is 22.3 Å². The monoisotopic (exact) mass is 562 g/mol. The third kappa shape index (κ3) is 6.59. The number of nitrogens with one attached hydrogen (secondary N) is 1. The quantitative estimate of drug-likeness (QED) is 0.393. The molecule has 0 radical (unpaired) electrons. The van der Waals surface area contributed by atoms with Gasteiger partial charge in [0, 0.05) is 24.5 Å². The summed E-state index contributed by atoms with van der Waals surface area (Å²) in [6.07, 6.45) is 0.760. The van der Waals surface area contributed by atoms with Gasteiger partial charge in [-0.05, 0) is 49.1 Å². The Morgan fingerprint density at radius 2 is 1.73 bits per heavy atom. The van der Waals surface area contributed by atoms with Crippen LogP contribution in [0.15, 0.2) is 59.5 Å². The summed E-state index contributed by atoms with van der Waals surface area (Å²) in [7, 11) is -2.03. The molecule has 1 aliphatic rings. The number of hydrogen-bond acceptors (Lipinski definition) is 7. The van der Waals surface area contributed by atoms with E-state index in [1.165, 1.54) is 36.1 Å². The molecule has 0 bridgehead atoms. The lowest BCUT2D eigenvalue weighted by Crippen LogP contribution is -2.29. The van der Waals surface area contributed by atoms with Gasteiger partial charge in [-0.1, -0.05) is 42.5 Å². The molecule has 7 nitrogen and oxygen atoms in total. The Balaban J connectivity index is 0.00000380. The minimum atomic E-state index is -3.37. The van der Waals surface area contributed by atoms with Crippen LogP contribution in [0.25, 0.3) is 0 Å². The molecule has 0 spiro atoms. The molecule has 2 aromatic carbocycles. The number of carbonyl (C=O) groups is 2. The lowest BCUT2D eigenvalue weighted by Gasteiger charge is -2.27. The van der Waals surface area contributed by atoms with E-state index in [-0.39, 0.29) is 29.6 Å². The summed E-state index contributed by atoms with van der Waals surface area (Å²) in [5, 5.41) is 2.88. The predicted molar refractivity (Wildman–Crippen MR) is 148 cm³/mol. The number of carbonyl (C=O) groups excluding carboxylic acids is 2. The first-order valence-electron chi connectivity index (χ1n) is 11.8. The van der Waals surface area contributed by atoms with Crippen LogP contribution in [0.4, 0.5) is 5.00 Å². The summed E-state index contributed by atoms with van der Waals surface area (Å²) in [5.41, 5.74) is 3.29. The van der Waals surface area contributed by atoms with Crippen molar-refractivity contribution in [3.05, 3.63) is 81.7 Å². The molecule has 0 atom stereocenters. The number of methoxy groups -OCH3 is 1. The van der Waals surface area contributed by atoms with Crippen LogP contribution < -0.4 is 5.32 Å². The number of anilines is 1. The summed E-state index contributed by atoms with van der Waals surface area (Å²) in [4.78, 5) is 29.1. The van der Waals surface area contributed by atoms with E-state index in [0.717, 1.165) is 23.5 Å². The molecule has 198 valence electrons. The molecule has 0 unspecified atom stereocenters. The molecule has 2 heterocycles. The SMILES string of the molecule is COC(=O)c1c(NC(=O)Cc2ccc(S(=O)(=O)C(C)C)cc2)sc2c1CCN(Cc1ccccc1)C2.Cl. The molecular weight excluding hydrogens is 532 g/mol. The van der Waals surface area contributed by atoms with Crippen molar-refractivity contribution in [1.82, 2.24) is 4.90 Å². The number of ether oxygens (including phenoxy) is 1. The van der Waals surface area contributed by atoms with E-state index >= 15 is 0 Å². The van der Waals surface area contributed by atoms with Crippen LogP contribution in [0.5, 0.6) is 0 Å². The van der Waals surface area contributed by atoms with Crippen molar-refractivity contribution in [1.29, 1.82) is 0 Å². The van der Waals surface area contributed by atoms with Gasteiger partial charge in [-0.2, -0.15) is 0 Å². The van der Waals surface area contributed by atoms with E-state index in [9.17, 15) is 18.0 Å². The average Bonchev–Trinajstić information content (AvgIpc) is 3.21. The summed E-state index contributed by atoms with van der Waals surface area (Å²) >= 11 is 1.41. The zero-order valence-electron chi connectivity index (χ0n) is 21.0. The topological polar surface area (TPSA) is 92.8 Å². The molecule has 1 aliphatic heterocycles. The zero-order chi connectivity index (χ0) is 25.9. The maximum Gasteiger partial charge on any atom is 0.341 e. The van der Waals surface area contributed by atoms with E-state index < -0.39 is 21.1 Å². The van der Waals surface area contributed by atoms with Gasteiger partial charge in [-0.15, -0.1) is 23.7 Å². The first kappa shape index (κ1) is 28.8. The number of thiophene rings is 1. The molecule has 0 aliphatic carbocycles. The third-order valence-electron chi connectivity index (χ3n) is 6.26. The Hall–Kier alpha value is -2.72. The molecule has 0 saturated heterocycles. The average molecular weight is 563 g/mol. The molecule has 3 aromatic rings. The second-order valence-electron chi connectivity index (χ2n) is 9.11. The maximum atomic E-state index is 12.9. The summed E-state index contributed by atoms with van der Waals surface area (Å²) in [6, 6.07) is 16.6. The fraction of sp³-hybridized carbons (Fsp3) is 0.333. The lowest BCUT2D eigenvalue weighted by atomic mass is 10.0. The number of nitrogens with zero attached hydrogens (tertiary/aromatic N) is 1. The number of rotatable bonds is 8. The number of halogens is 1. The predicted octanol–water partition coefficient (Wildman–Crippen LogP) is 4.88. The van der Waals surface area contributed by atoms with Gasteiger partial charge in [0.25, 0.3) is 0 Å². The number of esters is 1. The van der Waals surface area contributed by atoms with Crippen LogP contribution >= 0.6 is 23.7 Å². The highest BCUT2D eigenvalue weighted by Crippen LogP contribution is 2.38. The number of sulfone groups is 1. The fourth-order valence-corrected chi connectivity index (χ4v) is 6.62. The zero-order valence-corrected chi connectivity index (χ0v) is 23.5. The van der Waals surface area contributed by atoms with Gasteiger partial charge in [0.2, 0.25) is 5.91 Å². The van der Waals surface area contributed by atoms with E-state index in [1.807, 2.05) is 18.2 Å². The molecule has 0 fully saturated rings. The van der Waals surface area contributed by atoms with Crippen molar-refractivity contribution in [3.63, 3.8) is 0 Å². The largest absolute Gasteiger partial charge is 0.465 e. The maximum absolute atomic E-state index is 12.9. The Bertz CT molecular complexity index is 1350. The third-order valence-corrected chi connectivity index (χ3v) is 9.57. The normalized spacial score (nSPS) is 13.5. The van der Waals surface area contributed by atoms with Crippen molar-refractivity contribution < 1.29 is 22.7 Å². The van der Waals surface area contributed by atoms with Gasteiger partial charge in [-0.3, -0.25) is 9.69 Å². The first-order chi connectivity index (χ1) is 17.2. The highest BCUT2D eigenvalue weighted by Gasteiger charge is 2.29. The van der Waals surface area contributed by atoms with Gasteiger partial charge in [0.15, 0.2) is 9.84 Å². The smallest absolute Gasteiger partial charge is 0.341 e. The second kappa shape index (κ2) is 12.2. The number of amides is 1. The summed E-state index contributed by atoms with van der Waals surface area (Å²) in [5.74, 6) is -0.734. The first-order valence-corrected chi connectivity index (χ1v) is 14.2. The summed E-state index contributed by atoms with van der Waals surface area (Å²) < 4.78 is 29.7. The van der Waals surface area contributed by atoms with Crippen LogP contribution in [0.3, 0.4) is 0 Å². The van der Waals surface area contributed by atoms with E-state index in [4.69, 9.17) is 4.74 Å². The molecule has 37 heavy (non-hydrogen) atoms. The number of benzene rings is 2. The Labute approximate surface area is 228 Å². The van der Waals surface area contributed by atoms with Gasteiger partial charge >= 0.3 is 5.97 Å². The molecular formula is C27H31ClN2O5S2. The standard InChI is InChI=1S/C27H30N2O5S2.ClH/c1-18(2)36(32,33)21-11-9-19(10-12-21)15-24(30)28-26-25(27(31)34-3)22-13-14-29(17-23(22)35-26)16-20-7-5-4-6-8-20;/h4-12,18H,13-17H2,1-3H3,(H,28,30);1H. The molecule has 4 rings (SSSR count). The highest BCUT2D eigenvalue weighted by molar-refractivity contribution is 7.92. The van der Waals surface area contributed by atoms with Gasteiger partial charge in [-0.25, -0.2) is 13.2 Å². The van der Waals surface area contributed by atoms with Gasteiger partial charge in [0.1, 0.15) is 5.00 Å². The van der Waals surface area contributed by atoms with Crippen molar-refractivity contribution in [3.8, 4) is 0 Å². The van der Waals surface area contributed by atoms with Crippen LogP contribution in [-0.4, -0.2) is 44.1 Å². The Morgan fingerprint density at radius 3 is 2.35 bits per heavy atom. The van der Waals surface area contributed by atoms with Gasteiger partial charge < -0.3 is 10.1 Å². The Kier molecular flexibility index (Phi) is 9.52. The second-order valence-corrected chi connectivity index (χ2v) is 12.7. The highest BCUT2D eigenvalue weighted by atomic mass is 35.5. The van der Waals surface area contributed by atoms with Gasteiger partial charge in [0.05, 0.1) is 29.2 Å². The lowest BCUT2D eigenvalue weighted by molar-refractivity contribution is -0.115. The van der Waals surface area contributed by atoms with Crippen LogP contribution in [0.2, 0.25) is 0 Å². The fourth-order valence-electron chi connectivity index (χ4n) is 4.26. The molecule has 1 N–H and O–H groups in total. The van der Waals surface area contributed by atoms with Crippen molar-refractivity contribution in [2.45, 2.75) is 49.9 Å². The Morgan fingerprint density at radius 1 is 1.05 bits per heavy atom. The molecule has 10 heteroatoms. The van der Waals surface area contributed by atoms with Crippen molar-refractivity contribution in [2.24, 2.45) is 0 Å². The molecule has 0 saturated carbocycles. The van der Waals surface area contributed by atoms with Crippen LogP contribution in [0, 0.1) is 0 Å². The van der Waals surface area contributed by atoms with E-state index in [0.29, 0.717) is 29.1 Å². The number of fused-ring (bicyclic) bond motifs is 1. The summed E-state index contributed by atoms with van der Waals surface area (Å²) in [6.45, 7) is 5.59. The molecule has 1 amide bonds.